The van der Waals surface area contributed by atoms with E-state index in [-0.39, 0.29) is 0 Å². The van der Waals surface area contributed by atoms with Crippen LogP contribution in [0, 0.1) is 0 Å². The Morgan fingerprint density at radius 2 is 1.23 bits per heavy atom. The lowest BCUT2D eigenvalue weighted by Crippen LogP contribution is -2.63. The van der Waals surface area contributed by atoms with E-state index in [1.165, 1.54) is 6.92 Å². The summed E-state index contributed by atoms with van der Waals surface area (Å²) >= 11 is 0. The zero-order valence-electron chi connectivity index (χ0n) is 11.8. The molecule has 0 aromatic rings. The molecule has 10 nitrogen and oxygen atoms in total. The molecule has 7 N–H and O–H groups in total. The molecule has 2 fully saturated rings. The molecule has 0 aromatic carbocycles. The number of ether oxygens (including phenoxy) is 3. The molecule has 0 aromatic heterocycles. The summed E-state index contributed by atoms with van der Waals surface area (Å²) in [7, 11) is 0. The van der Waals surface area contributed by atoms with Crippen LogP contribution in [0.25, 0.3) is 0 Å². The number of aliphatic hydroxyl groups excluding tert-OH is 7. The lowest BCUT2D eigenvalue weighted by molar-refractivity contribution is -0.373. The highest BCUT2D eigenvalue weighted by molar-refractivity contribution is 4.91. The van der Waals surface area contributed by atoms with Crippen molar-refractivity contribution in [2.24, 2.45) is 0 Å². The molecule has 0 amide bonds. The van der Waals surface area contributed by atoms with E-state index in [1.54, 1.807) is 0 Å². The molecular weight excluding hydrogens is 304 g/mol. The Balaban J connectivity index is 2.05. The van der Waals surface area contributed by atoms with Gasteiger partial charge in [0.05, 0.1) is 12.7 Å². The van der Waals surface area contributed by atoms with Crippen LogP contribution < -0.4 is 0 Å². The molecule has 6 unspecified atom stereocenters. The highest BCUT2D eigenvalue weighted by Gasteiger charge is 2.48. The first-order chi connectivity index (χ1) is 10.3. The normalized spacial score (nSPS) is 53.5. The summed E-state index contributed by atoms with van der Waals surface area (Å²) in [6.07, 6.45) is -14.3. The van der Waals surface area contributed by atoms with Gasteiger partial charge >= 0.3 is 0 Å². The SMILES string of the molecule is CC1O[C@H](O[C@H]2OC(CO)[C@@H](O)C(O)C2O)C(O)C(O)[C@@H]1O. The summed E-state index contributed by atoms with van der Waals surface area (Å²) in [5, 5.41) is 67.3. The highest BCUT2D eigenvalue weighted by atomic mass is 16.8. The van der Waals surface area contributed by atoms with Gasteiger partial charge in [-0.2, -0.15) is 0 Å². The molecule has 22 heavy (non-hydrogen) atoms. The molecule has 10 atom stereocenters. The van der Waals surface area contributed by atoms with E-state index in [1.807, 2.05) is 0 Å². The Morgan fingerprint density at radius 1 is 0.727 bits per heavy atom. The Bertz CT molecular complexity index is 366. The van der Waals surface area contributed by atoms with E-state index in [0.717, 1.165) is 0 Å². The fourth-order valence-corrected chi connectivity index (χ4v) is 2.44. The average Bonchev–Trinajstić information content (AvgIpc) is 2.50. The highest BCUT2D eigenvalue weighted by Crippen LogP contribution is 2.27. The fourth-order valence-electron chi connectivity index (χ4n) is 2.44. The Hall–Kier alpha value is -0.400. The van der Waals surface area contributed by atoms with E-state index in [0.29, 0.717) is 0 Å². The molecule has 130 valence electrons. The Labute approximate surface area is 126 Å². The minimum atomic E-state index is -1.66. The van der Waals surface area contributed by atoms with Crippen LogP contribution >= 0.6 is 0 Å². The van der Waals surface area contributed by atoms with Crippen LogP contribution in [0.3, 0.4) is 0 Å². The molecule has 10 heteroatoms. The van der Waals surface area contributed by atoms with Gasteiger partial charge in [-0.05, 0) is 6.92 Å². The minimum Gasteiger partial charge on any atom is -0.394 e. The lowest BCUT2D eigenvalue weighted by atomic mass is 9.98. The minimum absolute atomic E-state index is 0.628. The fraction of sp³-hybridized carbons (Fsp3) is 1.00. The largest absolute Gasteiger partial charge is 0.394 e. The van der Waals surface area contributed by atoms with Gasteiger partial charge in [0.25, 0.3) is 0 Å². The second-order valence-corrected chi connectivity index (χ2v) is 5.51. The standard InChI is InChI=1S/C12H22O10/c1-3-5(14)7(16)9(18)11(20-3)22-12-10(19)8(17)6(15)4(2-13)21-12/h3-19H,2H2,1H3/t3?,4?,5-,6-,7?,8?,9?,10?,11-,12-/m1/s1. The van der Waals surface area contributed by atoms with Crippen LogP contribution in [0.15, 0.2) is 0 Å². The molecule has 0 spiro atoms. The monoisotopic (exact) mass is 326 g/mol. The van der Waals surface area contributed by atoms with Gasteiger partial charge in [0.2, 0.25) is 0 Å². The Morgan fingerprint density at radius 3 is 1.77 bits per heavy atom. The molecule has 2 aliphatic heterocycles. The van der Waals surface area contributed by atoms with Crippen LogP contribution in [0.1, 0.15) is 6.92 Å². The van der Waals surface area contributed by atoms with Crippen molar-refractivity contribution >= 4 is 0 Å². The predicted molar refractivity (Wildman–Crippen MR) is 67.2 cm³/mol. The number of hydrogen-bond acceptors (Lipinski definition) is 10. The van der Waals surface area contributed by atoms with Crippen molar-refractivity contribution in [3.63, 3.8) is 0 Å². The average molecular weight is 326 g/mol. The number of aliphatic hydroxyl groups is 7. The molecule has 0 saturated carbocycles. The topological polar surface area (TPSA) is 169 Å². The first kappa shape index (κ1) is 17.9. The first-order valence-electron chi connectivity index (χ1n) is 6.93. The van der Waals surface area contributed by atoms with Gasteiger partial charge in [-0.25, -0.2) is 0 Å². The quantitative estimate of drug-likeness (QED) is 0.269. The predicted octanol–water partition coefficient (Wildman–Crippen LogP) is -4.37. The summed E-state index contributed by atoms with van der Waals surface area (Å²) in [6.45, 7) is 0.819. The molecule has 0 aliphatic carbocycles. The lowest BCUT2D eigenvalue weighted by Gasteiger charge is -2.44. The van der Waals surface area contributed by atoms with E-state index in [4.69, 9.17) is 19.3 Å². The summed E-state index contributed by atoms with van der Waals surface area (Å²) in [5.41, 5.74) is 0. The van der Waals surface area contributed by atoms with Crippen LogP contribution in [-0.2, 0) is 14.2 Å². The van der Waals surface area contributed by atoms with Crippen molar-refractivity contribution in [3.8, 4) is 0 Å². The van der Waals surface area contributed by atoms with Crippen LogP contribution in [-0.4, -0.2) is 104 Å². The maximum absolute atomic E-state index is 9.83. The van der Waals surface area contributed by atoms with E-state index < -0.39 is 68.0 Å². The molecule has 2 rings (SSSR count). The third kappa shape index (κ3) is 3.26. The van der Waals surface area contributed by atoms with Gasteiger partial charge in [0.1, 0.15) is 42.7 Å². The van der Waals surface area contributed by atoms with Gasteiger partial charge in [-0.1, -0.05) is 0 Å². The molecule has 2 aliphatic rings. The molecule has 0 radical (unpaired) electrons. The maximum Gasteiger partial charge on any atom is 0.189 e. The van der Waals surface area contributed by atoms with E-state index in [9.17, 15) is 30.6 Å². The smallest absolute Gasteiger partial charge is 0.189 e. The van der Waals surface area contributed by atoms with Crippen LogP contribution in [0.2, 0.25) is 0 Å². The van der Waals surface area contributed by atoms with E-state index >= 15 is 0 Å². The second kappa shape index (κ2) is 7.01. The van der Waals surface area contributed by atoms with Crippen molar-refractivity contribution in [2.75, 3.05) is 6.61 Å². The van der Waals surface area contributed by atoms with Crippen molar-refractivity contribution in [3.05, 3.63) is 0 Å². The third-order valence-corrected chi connectivity index (χ3v) is 3.93. The summed E-state index contributed by atoms with van der Waals surface area (Å²) < 4.78 is 15.5. The summed E-state index contributed by atoms with van der Waals surface area (Å²) in [6, 6.07) is 0. The van der Waals surface area contributed by atoms with Crippen LogP contribution in [0.4, 0.5) is 0 Å². The van der Waals surface area contributed by atoms with Gasteiger partial charge < -0.3 is 50.0 Å². The molecule has 2 saturated heterocycles. The molecular formula is C12H22O10. The molecule has 2 heterocycles. The van der Waals surface area contributed by atoms with Crippen molar-refractivity contribution in [2.45, 2.75) is 68.3 Å². The summed E-state index contributed by atoms with van der Waals surface area (Å²) in [5.74, 6) is 0. The molecule has 0 bridgehead atoms. The van der Waals surface area contributed by atoms with Crippen LogP contribution in [0.5, 0.6) is 0 Å². The summed E-state index contributed by atoms with van der Waals surface area (Å²) in [4.78, 5) is 0. The maximum atomic E-state index is 9.83. The van der Waals surface area contributed by atoms with Gasteiger partial charge in [0, 0.05) is 0 Å². The zero-order chi connectivity index (χ0) is 16.6. The van der Waals surface area contributed by atoms with E-state index in [2.05, 4.69) is 0 Å². The third-order valence-electron chi connectivity index (χ3n) is 3.93. The number of rotatable bonds is 3. The van der Waals surface area contributed by atoms with Gasteiger partial charge in [-0.15, -0.1) is 0 Å². The van der Waals surface area contributed by atoms with Crippen molar-refractivity contribution in [1.82, 2.24) is 0 Å². The van der Waals surface area contributed by atoms with Gasteiger partial charge in [-0.3, -0.25) is 0 Å². The Kier molecular flexibility index (Phi) is 5.72. The van der Waals surface area contributed by atoms with Gasteiger partial charge in [0.15, 0.2) is 12.6 Å². The second-order valence-electron chi connectivity index (χ2n) is 5.51. The zero-order valence-corrected chi connectivity index (χ0v) is 11.8. The van der Waals surface area contributed by atoms with Crippen molar-refractivity contribution in [1.29, 1.82) is 0 Å². The number of hydrogen-bond donors (Lipinski definition) is 7. The van der Waals surface area contributed by atoms with Crippen molar-refractivity contribution < 1.29 is 50.0 Å². The first-order valence-corrected chi connectivity index (χ1v) is 6.93.